The Kier molecular flexibility index (Phi) is 5.72. The second-order valence-electron chi connectivity index (χ2n) is 7.95. The van der Waals surface area contributed by atoms with Gasteiger partial charge in [0, 0.05) is 49.0 Å². The van der Waals surface area contributed by atoms with Gasteiger partial charge in [-0.15, -0.1) is 11.3 Å². The number of piperidine rings is 1. The molecule has 2 aliphatic rings. The Hall–Kier alpha value is -2.60. The molecule has 3 heterocycles. The molecule has 5 nitrogen and oxygen atoms in total. The molecule has 0 radical (unpaired) electrons. The van der Waals surface area contributed by atoms with E-state index < -0.39 is 0 Å². The maximum atomic E-state index is 12.6. The quantitative estimate of drug-likeness (QED) is 0.705. The number of hydrogen-bond donors (Lipinski definition) is 0. The molecule has 0 bridgehead atoms. The van der Waals surface area contributed by atoms with E-state index in [4.69, 9.17) is 4.74 Å². The van der Waals surface area contributed by atoms with Crippen molar-refractivity contribution in [2.24, 2.45) is 5.41 Å². The summed E-state index contributed by atoms with van der Waals surface area (Å²) in [5.41, 5.74) is 1.13. The summed E-state index contributed by atoms with van der Waals surface area (Å²) in [5.74, 6) is 1.11. The van der Waals surface area contributed by atoms with E-state index in [-0.39, 0.29) is 17.2 Å². The van der Waals surface area contributed by atoms with Crippen molar-refractivity contribution < 1.29 is 14.3 Å². The SMILES string of the molecule is COc1ccc(CN2CC3(CCN(C(=O)/C=C/c4cccs4)CC3)CC2=O)cc1. The van der Waals surface area contributed by atoms with Crippen molar-refractivity contribution in [2.75, 3.05) is 26.7 Å². The topological polar surface area (TPSA) is 49.9 Å². The van der Waals surface area contributed by atoms with Crippen LogP contribution in [0.15, 0.2) is 47.9 Å². The Labute approximate surface area is 175 Å². The molecule has 0 unspecified atom stereocenters. The molecule has 2 saturated heterocycles. The molecule has 2 amide bonds. The standard InChI is InChI=1S/C23H26N2O3S/c1-28-19-6-4-18(5-7-19)16-25-17-23(15-22(25)27)10-12-24(13-11-23)21(26)9-8-20-3-2-14-29-20/h2-9,14H,10-13,15-17H2,1H3/b9-8+. The third-order valence-corrected chi connectivity index (χ3v) is 6.84. The smallest absolute Gasteiger partial charge is 0.246 e. The van der Waals surface area contributed by atoms with Crippen LogP contribution in [-0.4, -0.2) is 48.4 Å². The van der Waals surface area contributed by atoms with Gasteiger partial charge >= 0.3 is 0 Å². The molecule has 1 aromatic heterocycles. The lowest BCUT2D eigenvalue weighted by Gasteiger charge is -2.38. The first-order valence-electron chi connectivity index (χ1n) is 9.98. The Morgan fingerprint density at radius 1 is 1.21 bits per heavy atom. The zero-order chi connectivity index (χ0) is 20.3. The summed E-state index contributed by atoms with van der Waals surface area (Å²) in [5, 5.41) is 2.00. The van der Waals surface area contributed by atoms with Crippen molar-refractivity contribution in [3.8, 4) is 5.75 Å². The highest BCUT2D eigenvalue weighted by Crippen LogP contribution is 2.41. The van der Waals surface area contributed by atoms with Crippen molar-refractivity contribution >= 4 is 29.2 Å². The number of amides is 2. The molecule has 0 atom stereocenters. The van der Waals surface area contributed by atoms with Gasteiger partial charge in [-0.2, -0.15) is 0 Å². The molecule has 0 aliphatic carbocycles. The summed E-state index contributed by atoms with van der Waals surface area (Å²) in [7, 11) is 1.65. The first kappa shape index (κ1) is 19.7. The zero-order valence-corrected chi connectivity index (χ0v) is 17.5. The van der Waals surface area contributed by atoms with Gasteiger partial charge in [-0.1, -0.05) is 18.2 Å². The van der Waals surface area contributed by atoms with E-state index in [1.807, 2.05) is 57.7 Å². The van der Waals surface area contributed by atoms with E-state index in [9.17, 15) is 9.59 Å². The Morgan fingerprint density at radius 3 is 2.62 bits per heavy atom. The van der Waals surface area contributed by atoms with Gasteiger partial charge in [-0.05, 0) is 48.1 Å². The fourth-order valence-corrected chi connectivity index (χ4v) is 4.88. The monoisotopic (exact) mass is 410 g/mol. The fourth-order valence-electron chi connectivity index (χ4n) is 4.26. The van der Waals surface area contributed by atoms with Gasteiger partial charge in [-0.3, -0.25) is 9.59 Å². The summed E-state index contributed by atoms with van der Waals surface area (Å²) >= 11 is 1.62. The van der Waals surface area contributed by atoms with Crippen molar-refractivity contribution in [3.63, 3.8) is 0 Å². The highest BCUT2D eigenvalue weighted by Gasteiger charge is 2.45. The van der Waals surface area contributed by atoms with Crippen LogP contribution in [-0.2, 0) is 16.1 Å². The van der Waals surface area contributed by atoms with Crippen molar-refractivity contribution in [2.45, 2.75) is 25.8 Å². The highest BCUT2D eigenvalue weighted by molar-refractivity contribution is 7.10. The lowest BCUT2D eigenvalue weighted by molar-refractivity contribution is -0.128. The van der Waals surface area contributed by atoms with Crippen LogP contribution < -0.4 is 4.74 Å². The normalized spacial score (nSPS) is 18.7. The van der Waals surface area contributed by atoms with E-state index in [1.165, 1.54) is 0 Å². The third kappa shape index (κ3) is 4.53. The number of ether oxygens (including phenoxy) is 1. The number of carbonyl (C=O) groups is 2. The summed E-state index contributed by atoms with van der Waals surface area (Å²) < 4.78 is 5.20. The zero-order valence-electron chi connectivity index (χ0n) is 16.7. The van der Waals surface area contributed by atoms with Crippen LogP contribution in [0.5, 0.6) is 5.75 Å². The van der Waals surface area contributed by atoms with Gasteiger partial charge in [0.1, 0.15) is 5.75 Å². The van der Waals surface area contributed by atoms with E-state index in [0.29, 0.717) is 13.0 Å². The molecule has 1 spiro atoms. The minimum atomic E-state index is 0.0117. The minimum absolute atomic E-state index is 0.0117. The molecular weight excluding hydrogens is 384 g/mol. The van der Waals surface area contributed by atoms with Crippen molar-refractivity contribution in [1.29, 1.82) is 0 Å². The Balaban J connectivity index is 1.32. The molecular formula is C23H26N2O3S. The number of likely N-dealkylation sites (tertiary alicyclic amines) is 2. The second kappa shape index (κ2) is 8.41. The largest absolute Gasteiger partial charge is 0.497 e. The van der Waals surface area contributed by atoms with Crippen molar-refractivity contribution in [3.05, 3.63) is 58.3 Å². The fraction of sp³-hybridized carbons (Fsp3) is 0.391. The molecule has 152 valence electrons. The number of rotatable bonds is 5. The first-order valence-corrected chi connectivity index (χ1v) is 10.9. The van der Waals surface area contributed by atoms with Gasteiger partial charge in [0.15, 0.2) is 0 Å². The maximum Gasteiger partial charge on any atom is 0.246 e. The van der Waals surface area contributed by atoms with Crippen LogP contribution in [0.2, 0.25) is 0 Å². The first-order chi connectivity index (χ1) is 14.1. The molecule has 6 heteroatoms. The van der Waals surface area contributed by atoms with Crippen LogP contribution in [0, 0.1) is 5.41 Å². The predicted octanol–water partition coefficient (Wildman–Crippen LogP) is 3.81. The van der Waals surface area contributed by atoms with Crippen LogP contribution in [0.3, 0.4) is 0 Å². The van der Waals surface area contributed by atoms with Crippen LogP contribution in [0.4, 0.5) is 0 Å². The van der Waals surface area contributed by atoms with Crippen molar-refractivity contribution in [1.82, 2.24) is 9.80 Å². The molecule has 0 saturated carbocycles. The lowest BCUT2D eigenvalue weighted by atomic mass is 9.77. The molecule has 2 fully saturated rings. The van der Waals surface area contributed by atoms with E-state index in [0.717, 1.165) is 48.7 Å². The number of carbonyl (C=O) groups excluding carboxylic acids is 2. The molecule has 2 aromatic rings. The van der Waals surface area contributed by atoms with Gasteiger partial charge < -0.3 is 14.5 Å². The van der Waals surface area contributed by atoms with Crippen LogP contribution >= 0.6 is 11.3 Å². The van der Waals surface area contributed by atoms with E-state index in [1.54, 1.807) is 24.5 Å². The van der Waals surface area contributed by atoms with Gasteiger partial charge in [0.05, 0.1) is 7.11 Å². The van der Waals surface area contributed by atoms with Crippen LogP contribution in [0.25, 0.3) is 6.08 Å². The van der Waals surface area contributed by atoms with Gasteiger partial charge in [0.25, 0.3) is 0 Å². The lowest BCUT2D eigenvalue weighted by Crippen LogP contribution is -2.43. The third-order valence-electron chi connectivity index (χ3n) is 6.01. The molecule has 29 heavy (non-hydrogen) atoms. The van der Waals surface area contributed by atoms with E-state index >= 15 is 0 Å². The predicted molar refractivity (Wildman–Crippen MR) is 115 cm³/mol. The summed E-state index contributed by atoms with van der Waals surface area (Å²) in [4.78, 5) is 30.1. The molecule has 1 aromatic carbocycles. The van der Waals surface area contributed by atoms with Crippen LogP contribution in [0.1, 0.15) is 29.7 Å². The minimum Gasteiger partial charge on any atom is -0.497 e. The molecule has 0 N–H and O–H groups in total. The highest BCUT2D eigenvalue weighted by atomic mass is 32.1. The van der Waals surface area contributed by atoms with E-state index in [2.05, 4.69) is 0 Å². The second-order valence-corrected chi connectivity index (χ2v) is 8.93. The summed E-state index contributed by atoms with van der Waals surface area (Å²) in [6.45, 7) is 2.86. The average Bonchev–Trinajstić information content (AvgIpc) is 3.36. The number of hydrogen-bond acceptors (Lipinski definition) is 4. The molecule has 2 aliphatic heterocycles. The number of methoxy groups -OCH3 is 1. The van der Waals surface area contributed by atoms with Gasteiger partial charge in [-0.25, -0.2) is 0 Å². The number of benzene rings is 1. The number of nitrogens with zero attached hydrogens (tertiary/aromatic N) is 2. The summed E-state index contributed by atoms with van der Waals surface area (Å²) in [6, 6.07) is 11.9. The Morgan fingerprint density at radius 2 is 1.97 bits per heavy atom. The number of thiophene rings is 1. The maximum absolute atomic E-state index is 12.6. The average molecular weight is 411 g/mol. The Bertz CT molecular complexity index is 881. The molecule has 4 rings (SSSR count). The van der Waals surface area contributed by atoms with Gasteiger partial charge in [0.2, 0.25) is 11.8 Å². The summed E-state index contributed by atoms with van der Waals surface area (Å²) in [6.07, 6.45) is 5.91.